The van der Waals surface area contributed by atoms with Crippen molar-refractivity contribution in [3.8, 4) is 0 Å². The van der Waals surface area contributed by atoms with Crippen LogP contribution in [0.2, 0.25) is 0 Å². The molecule has 2 saturated carbocycles. The van der Waals surface area contributed by atoms with E-state index in [2.05, 4.69) is 51.3 Å². The quantitative estimate of drug-likeness (QED) is 0.250. The lowest BCUT2D eigenvalue weighted by molar-refractivity contribution is -0.169. The number of fused-ring (bicyclic) bond motifs is 1. The van der Waals surface area contributed by atoms with Crippen LogP contribution in [0.15, 0.2) is 66.3 Å². The Morgan fingerprint density at radius 2 is 1.45 bits per heavy atom. The van der Waals surface area contributed by atoms with Crippen LogP contribution in [0.1, 0.15) is 112 Å². The fraction of sp³-hybridized carbons (Fsp3) is 0.595. The van der Waals surface area contributed by atoms with Crippen molar-refractivity contribution in [1.29, 1.82) is 0 Å². The third kappa shape index (κ3) is 11.0. The molecule has 1 radical (unpaired) electrons. The maximum absolute atomic E-state index is 12.7. The molecular weight excluding hydrogens is 524 g/mol. The van der Waals surface area contributed by atoms with Crippen LogP contribution in [0.25, 0.3) is 0 Å². The fourth-order valence-electron chi connectivity index (χ4n) is 5.47. The molecule has 0 bridgehead atoms. The van der Waals surface area contributed by atoms with E-state index in [0.29, 0.717) is 0 Å². The van der Waals surface area contributed by atoms with Crippen LogP contribution in [0.3, 0.4) is 0 Å². The third-order valence-electron chi connectivity index (χ3n) is 9.09. The van der Waals surface area contributed by atoms with Crippen molar-refractivity contribution in [2.24, 2.45) is 10.8 Å². The number of carbonyl (C=O) groups is 2. The van der Waals surface area contributed by atoms with Gasteiger partial charge in [-0.3, -0.25) is 9.59 Å². The van der Waals surface area contributed by atoms with Crippen molar-refractivity contribution in [2.75, 3.05) is 7.11 Å². The minimum Gasteiger partial charge on any atom is -0.469 e. The maximum Gasteiger partial charge on any atom is 0.312 e. The normalized spacial score (nSPS) is 22.9. The molecule has 1 aromatic carbocycles. The number of hydrogen-bond donors (Lipinski definition) is 2. The van der Waals surface area contributed by atoms with Crippen molar-refractivity contribution in [3.63, 3.8) is 0 Å². The number of allylic oxidation sites excluding steroid dienone is 4. The predicted molar refractivity (Wildman–Crippen MR) is 174 cm³/mol. The smallest absolute Gasteiger partial charge is 0.312 e. The van der Waals surface area contributed by atoms with Crippen LogP contribution < -0.4 is 0 Å². The number of Topliss-reactive ketones (excluding diaryl/α,β-unsaturated/α-hetero) is 1. The van der Waals surface area contributed by atoms with Gasteiger partial charge in [0.2, 0.25) is 0 Å². The molecule has 3 aliphatic rings. The van der Waals surface area contributed by atoms with Gasteiger partial charge in [0, 0.05) is 6.42 Å². The number of hydrogen-bond acceptors (Lipinski definition) is 5. The minimum absolute atomic E-state index is 0.0121. The van der Waals surface area contributed by atoms with Gasteiger partial charge in [-0.05, 0) is 103 Å². The van der Waals surface area contributed by atoms with Gasteiger partial charge in [0.15, 0.2) is 5.78 Å². The van der Waals surface area contributed by atoms with Gasteiger partial charge in [-0.2, -0.15) is 0 Å². The van der Waals surface area contributed by atoms with Crippen LogP contribution in [-0.4, -0.2) is 40.3 Å². The SMILES string of the molecule is C=C1CCC2(C(=O)OC)CC(=C)CCC2(CCCC)C1.CC(=O)C1=C[CH]1.CC(C)(O)C(C)(C)O.CCc1ccccc1. The number of ether oxygens (including phenoxy) is 1. The zero-order valence-corrected chi connectivity index (χ0v) is 27.6. The van der Waals surface area contributed by atoms with Crippen LogP contribution in [0, 0.1) is 17.3 Å². The molecule has 2 N–H and O–H groups in total. The molecule has 2 unspecified atom stereocenters. The second-order valence-electron chi connectivity index (χ2n) is 13.1. The van der Waals surface area contributed by atoms with Gasteiger partial charge in [0.1, 0.15) is 0 Å². The van der Waals surface area contributed by atoms with E-state index in [1.807, 2.05) is 18.6 Å². The first kappa shape index (κ1) is 37.5. The van der Waals surface area contributed by atoms with E-state index >= 15 is 0 Å². The van der Waals surface area contributed by atoms with Gasteiger partial charge in [0.25, 0.3) is 0 Å². The largest absolute Gasteiger partial charge is 0.469 e. The highest BCUT2D eigenvalue weighted by Gasteiger charge is 2.59. The molecule has 42 heavy (non-hydrogen) atoms. The summed E-state index contributed by atoms with van der Waals surface area (Å²) in [7, 11) is 1.53. The Morgan fingerprint density at radius 1 is 0.929 bits per heavy atom. The lowest BCUT2D eigenvalue weighted by Gasteiger charge is -2.56. The molecule has 3 aliphatic carbocycles. The van der Waals surface area contributed by atoms with Gasteiger partial charge in [-0.15, -0.1) is 0 Å². The van der Waals surface area contributed by atoms with E-state index < -0.39 is 11.2 Å². The molecule has 0 spiro atoms. The number of aliphatic hydroxyl groups is 2. The molecule has 0 aromatic heterocycles. The first-order chi connectivity index (χ1) is 19.5. The summed E-state index contributed by atoms with van der Waals surface area (Å²) in [5.74, 6) is 0.164. The number of methoxy groups -OCH3 is 1. The Balaban J connectivity index is 0.000000328. The van der Waals surface area contributed by atoms with Gasteiger partial charge >= 0.3 is 5.97 Å². The van der Waals surface area contributed by atoms with Crippen molar-refractivity contribution in [2.45, 2.75) is 124 Å². The lowest BCUT2D eigenvalue weighted by Crippen LogP contribution is -2.53. The van der Waals surface area contributed by atoms with Crippen molar-refractivity contribution in [3.05, 3.63) is 78.3 Å². The van der Waals surface area contributed by atoms with Crippen molar-refractivity contribution < 1.29 is 24.5 Å². The zero-order chi connectivity index (χ0) is 32.2. The summed E-state index contributed by atoms with van der Waals surface area (Å²) in [6, 6.07) is 10.5. The molecular formula is C37H57O5. The summed E-state index contributed by atoms with van der Waals surface area (Å²) >= 11 is 0. The predicted octanol–water partition coefficient (Wildman–Crippen LogP) is 8.30. The number of carbonyl (C=O) groups excluding carboxylic acids is 2. The minimum atomic E-state index is -1.01. The summed E-state index contributed by atoms with van der Waals surface area (Å²) in [4.78, 5) is 22.8. The second-order valence-corrected chi connectivity index (χ2v) is 13.1. The van der Waals surface area contributed by atoms with Crippen molar-refractivity contribution in [1.82, 2.24) is 0 Å². The van der Waals surface area contributed by atoms with E-state index in [4.69, 9.17) is 14.9 Å². The topological polar surface area (TPSA) is 83.8 Å². The monoisotopic (exact) mass is 581 g/mol. The number of ketones is 1. The van der Waals surface area contributed by atoms with Gasteiger partial charge in [-0.1, -0.05) is 87.4 Å². The lowest BCUT2D eigenvalue weighted by atomic mass is 9.47. The number of esters is 1. The number of benzene rings is 1. The van der Waals surface area contributed by atoms with E-state index in [1.54, 1.807) is 34.6 Å². The Bertz CT molecular complexity index is 1060. The standard InChI is InChI=1S/C18H28O2.C8H10.C6H14O2.C5H5O/c1-5-6-9-17-10-7-15(3)13-18(17,16(19)20-4)11-8-14(2)12-17;1-2-8-6-4-3-5-7-8;1-5(2,7)6(3,4)8;1-4(6)5-2-3-5/h2-3,5-13H2,1,4H3;3-7H,2H2,1H3;7-8H,1-4H3;2-3H,1H3. The van der Waals surface area contributed by atoms with Crippen LogP contribution >= 0.6 is 0 Å². The van der Waals surface area contributed by atoms with Crippen LogP contribution in [-0.2, 0) is 20.7 Å². The first-order valence-electron chi connectivity index (χ1n) is 15.4. The maximum atomic E-state index is 12.7. The molecule has 235 valence electrons. The molecule has 0 aliphatic heterocycles. The van der Waals surface area contributed by atoms with Crippen molar-refractivity contribution >= 4 is 11.8 Å². The molecule has 0 amide bonds. The number of rotatable bonds is 7. The average molecular weight is 582 g/mol. The van der Waals surface area contributed by atoms with E-state index in [9.17, 15) is 9.59 Å². The Labute approximate surface area is 256 Å². The Kier molecular flexibility index (Phi) is 14.6. The molecule has 4 rings (SSSR count). The molecule has 5 nitrogen and oxygen atoms in total. The third-order valence-corrected chi connectivity index (χ3v) is 9.09. The molecule has 2 atom stereocenters. The number of aryl methyl sites for hydroxylation is 1. The molecule has 2 fully saturated rings. The summed E-state index contributed by atoms with van der Waals surface area (Å²) < 4.78 is 5.23. The molecule has 1 aromatic rings. The highest BCUT2D eigenvalue weighted by molar-refractivity contribution is 6.01. The van der Waals surface area contributed by atoms with Gasteiger partial charge in [-0.25, -0.2) is 0 Å². The number of unbranched alkanes of at least 4 members (excludes halogenated alkanes) is 1. The highest BCUT2D eigenvalue weighted by atomic mass is 16.5. The Morgan fingerprint density at radius 3 is 1.83 bits per heavy atom. The van der Waals surface area contributed by atoms with Gasteiger partial charge < -0.3 is 14.9 Å². The summed E-state index contributed by atoms with van der Waals surface area (Å²) in [6.45, 7) is 20.6. The highest BCUT2D eigenvalue weighted by Crippen LogP contribution is 2.63. The molecule has 5 heteroatoms. The van der Waals surface area contributed by atoms with E-state index in [1.165, 1.54) is 36.7 Å². The van der Waals surface area contributed by atoms with E-state index in [0.717, 1.165) is 56.9 Å². The molecule has 0 heterocycles. The Hall–Kier alpha value is -2.50. The summed E-state index contributed by atoms with van der Waals surface area (Å²) in [6.07, 6.45) is 14.0. The zero-order valence-electron chi connectivity index (χ0n) is 27.6. The van der Waals surface area contributed by atoms with Crippen LogP contribution in [0.5, 0.6) is 0 Å². The summed E-state index contributed by atoms with van der Waals surface area (Å²) in [5, 5.41) is 18.2. The van der Waals surface area contributed by atoms with E-state index in [-0.39, 0.29) is 22.6 Å². The first-order valence-corrected chi connectivity index (χ1v) is 15.4. The second kappa shape index (κ2) is 16.4. The average Bonchev–Trinajstić information content (AvgIpc) is 3.78. The van der Waals surface area contributed by atoms with Gasteiger partial charge in [0.05, 0.1) is 23.7 Å². The summed E-state index contributed by atoms with van der Waals surface area (Å²) in [5.41, 5.74) is 2.52. The molecule has 0 saturated heterocycles. The van der Waals surface area contributed by atoms with Crippen LogP contribution in [0.4, 0.5) is 0 Å². The fourth-order valence-corrected chi connectivity index (χ4v) is 5.47.